The normalized spacial score (nSPS) is 13.1. The van der Waals surface area contributed by atoms with E-state index >= 15 is 0 Å². The van der Waals surface area contributed by atoms with Crippen LogP contribution in [-0.4, -0.2) is 28.2 Å². The van der Waals surface area contributed by atoms with Crippen molar-refractivity contribution in [2.75, 3.05) is 0 Å². The second kappa shape index (κ2) is 16.1. The Bertz CT molecular complexity index is 2060. The summed E-state index contributed by atoms with van der Waals surface area (Å²) in [5, 5.41) is 11.7. The van der Waals surface area contributed by atoms with E-state index in [1.165, 1.54) is 55.5 Å². The zero-order valence-electron chi connectivity index (χ0n) is 30.4. The van der Waals surface area contributed by atoms with Crippen LogP contribution >= 0.6 is 22.7 Å². The molecule has 5 aromatic rings. The summed E-state index contributed by atoms with van der Waals surface area (Å²) in [7, 11) is 0. The molecule has 12 heteroatoms. The van der Waals surface area contributed by atoms with Crippen LogP contribution in [0.4, 0.5) is 26.3 Å². The van der Waals surface area contributed by atoms with E-state index in [9.17, 15) is 31.1 Å². The molecular formula is C40H42F6IrNO2S2-. The molecule has 2 aromatic carbocycles. The van der Waals surface area contributed by atoms with Gasteiger partial charge in [-0.2, -0.15) is 26.3 Å². The monoisotopic (exact) mass is 939 g/mol. The standard InChI is InChI=1S/C33H33F3NS2.C7H9F3O2.Ir/c1-19(2)27-24-14-15-37-28(21-16-20-10-8-9-11-23(20)25(17-21)31(3,4)5)29(24)39-30(27)26-13-12-22(38-26)18-32(6,7)33(34,35)36;1-4(2)5(11)3-6(12)7(8,9)10;/h8-15,17,19H,18H2,1-7H3;3-4,12H,1-2H3;/q-1;;/b;6-3-;. The first-order chi connectivity index (χ1) is 23.4. The van der Waals surface area contributed by atoms with Gasteiger partial charge in [0, 0.05) is 63.3 Å². The quantitative estimate of drug-likeness (QED) is 0.0766. The van der Waals surface area contributed by atoms with Gasteiger partial charge in [-0.1, -0.05) is 91.5 Å². The van der Waals surface area contributed by atoms with E-state index in [1.807, 2.05) is 24.4 Å². The maximum absolute atomic E-state index is 13.6. The first-order valence-corrected chi connectivity index (χ1v) is 18.1. The fourth-order valence-electron chi connectivity index (χ4n) is 5.48. The molecule has 0 atom stereocenters. The topological polar surface area (TPSA) is 50.2 Å². The Morgan fingerprint density at radius 3 is 2.10 bits per heavy atom. The van der Waals surface area contributed by atoms with Crippen molar-refractivity contribution < 1.29 is 56.3 Å². The summed E-state index contributed by atoms with van der Waals surface area (Å²) in [6, 6.07) is 20.1. The number of nitrogens with zero attached hydrogens (tertiary/aromatic N) is 1. The summed E-state index contributed by atoms with van der Waals surface area (Å²) in [5.41, 5.74) is 2.51. The number of allylic oxidation sites excluding steroid dienone is 2. The Hall–Kier alpha value is -3.05. The number of pyridine rings is 1. The van der Waals surface area contributed by atoms with Gasteiger partial charge in [0.2, 0.25) is 5.76 Å². The zero-order chi connectivity index (χ0) is 38.3. The van der Waals surface area contributed by atoms with Gasteiger partial charge in [-0.15, -0.1) is 51.8 Å². The number of hydrogen-bond acceptors (Lipinski definition) is 5. The fourth-order valence-corrected chi connectivity index (χ4v) is 8.30. The number of thiophene rings is 2. The van der Waals surface area contributed by atoms with Crippen LogP contribution in [0.5, 0.6) is 0 Å². The molecule has 0 fully saturated rings. The molecule has 283 valence electrons. The summed E-state index contributed by atoms with van der Waals surface area (Å²) in [5.74, 6) is -2.90. The van der Waals surface area contributed by atoms with Crippen molar-refractivity contribution in [2.45, 2.75) is 92.4 Å². The molecule has 5 rings (SSSR count). The Kier molecular flexibility index (Phi) is 13.4. The number of carbonyl (C=O) groups excluding carboxylic acids is 1. The molecule has 0 saturated heterocycles. The number of carbonyl (C=O) groups is 1. The molecule has 52 heavy (non-hydrogen) atoms. The molecule has 1 N–H and O–H groups in total. The number of fused-ring (bicyclic) bond motifs is 2. The van der Waals surface area contributed by atoms with Crippen molar-refractivity contribution in [2.24, 2.45) is 11.3 Å². The van der Waals surface area contributed by atoms with Crippen LogP contribution in [0.2, 0.25) is 0 Å². The zero-order valence-corrected chi connectivity index (χ0v) is 34.4. The third-order valence-corrected chi connectivity index (χ3v) is 11.0. The molecule has 0 bridgehead atoms. The van der Waals surface area contributed by atoms with Crippen LogP contribution in [0, 0.1) is 17.4 Å². The van der Waals surface area contributed by atoms with E-state index in [4.69, 9.17) is 10.1 Å². The van der Waals surface area contributed by atoms with Gasteiger partial charge in [0.1, 0.15) is 0 Å². The van der Waals surface area contributed by atoms with Crippen LogP contribution < -0.4 is 0 Å². The number of rotatable bonds is 7. The second-order valence-corrected chi connectivity index (χ2v) is 17.0. The Labute approximate surface area is 322 Å². The molecule has 1 radical (unpaired) electrons. The SMILES string of the molecule is CC(C)C(=O)/C=C(\O)C(F)(F)F.CC(C)c1c(-c2ccc(CC(C)(C)C(F)(F)F)s2)sc2c(-c3[c-]c4ccccc4c(C(C)(C)C)c3)nccc12.[Ir]. The molecule has 0 aliphatic heterocycles. The number of halogens is 6. The minimum atomic E-state index is -4.83. The van der Waals surface area contributed by atoms with E-state index in [0.29, 0.717) is 0 Å². The third kappa shape index (κ3) is 9.73. The summed E-state index contributed by atoms with van der Waals surface area (Å²) >= 11 is 3.16. The van der Waals surface area contributed by atoms with Crippen molar-refractivity contribution >= 4 is 49.3 Å². The van der Waals surface area contributed by atoms with Crippen molar-refractivity contribution in [1.82, 2.24) is 4.98 Å². The van der Waals surface area contributed by atoms with Gasteiger partial charge in [0.05, 0.1) is 5.41 Å². The maximum Gasteiger partial charge on any atom is 0.448 e. The Morgan fingerprint density at radius 1 is 0.904 bits per heavy atom. The van der Waals surface area contributed by atoms with Gasteiger partial charge >= 0.3 is 12.4 Å². The van der Waals surface area contributed by atoms with E-state index < -0.39 is 35.2 Å². The number of aromatic nitrogens is 1. The smallest absolute Gasteiger partial charge is 0.448 e. The summed E-state index contributed by atoms with van der Waals surface area (Å²) in [6.45, 7) is 16.5. The van der Waals surface area contributed by atoms with Crippen LogP contribution in [0.15, 0.2) is 66.6 Å². The average molecular weight is 939 g/mol. The molecule has 0 unspecified atom stereocenters. The van der Waals surface area contributed by atoms with Crippen molar-refractivity contribution in [1.29, 1.82) is 0 Å². The van der Waals surface area contributed by atoms with Crippen LogP contribution in [0.3, 0.4) is 0 Å². The number of aliphatic hydroxyl groups is 1. The van der Waals surface area contributed by atoms with E-state index in [-0.39, 0.29) is 43.9 Å². The molecule has 3 aromatic heterocycles. The summed E-state index contributed by atoms with van der Waals surface area (Å²) in [6.07, 6.45) is -7.04. The second-order valence-electron chi connectivity index (χ2n) is 14.8. The van der Waals surface area contributed by atoms with Crippen LogP contribution in [0.1, 0.15) is 84.2 Å². The van der Waals surface area contributed by atoms with Gasteiger partial charge in [0.25, 0.3) is 0 Å². The van der Waals surface area contributed by atoms with Crippen molar-refractivity contribution in [3.05, 3.63) is 88.6 Å². The van der Waals surface area contributed by atoms with E-state index in [0.717, 1.165) is 41.4 Å². The minimum Gasteiger partial charge on any atom is -0.504 e. The van der Waals surface area contributed by atoms with E-state index in [2.05, 4.69) is 71.0 Å². The van der Waals surface area contributed by atoms with Gasteiger partial charge < -0.3 is 5.11 Å². The summed E-state index contributed by atoms with van der Waals surface area (Å²) < 4.78 is 76.6. The van der Waals surface area contributed by atoms with Crippen molar-refractivity contribution in [3.63, 3.8) is 0 Å². The molecule has 0 spiro atoms. The van der Waals surface area contributed by atoms with Gasteiger partial charge in [-0.05, 0) is 46.9 Å². The molecule has 0 saturated carbocycles. The minimum absolute atomic E-state index is 0. The number of ketones is 1. The Balaban J connectivity index is 0.000000484. The third-order valence-electron chi connectivity index (χ3n) is 8.47. The largest absolute Gasteiger partial charge is 0.504 e. The summed E-state index contributed by atoms with van der Waals surface area (Å²) in [4.78, 5) is 18.4. The van der Waals surface area contributed by atoms with Crippen LogP contribution in [-0.2, 0) is 36.7 Å². The van der Waals surface area contributed by atoms with Gasteiger partial charge in [-0.25, -0.2) is 0 Å². The average Bonchev–Trinajstić information content (AvgIpc) is 3.63. The van der Waals surface area contributed by atoms with Crippen LogP contribution in [0.25, 0.3) is 41.9 Å². The predicted octanol–water partition coefficient (Wildman–Crippen LogP) is 13.4. The number of hydrogen-bond donors (Lipinski definition) is 1. The molecule has 3 nitrogen and oxygen atoms in total. The Morgan fingerprint density at radius 2 is 1.54 bits per heavy atom. The number of aliphatic hydroxyl groups excluding tert-OH is 1. The molecule has 0 amide bonds. The molecule has 0 aliphatic rings. The molecule has 0 aliphatic carbocycles. The predicted molar refractivity (Wildman–Crippen MR) is 198 cm³/mol. The molecular weight excluding hydrogens is 897 g/mol. The molecule has 3 heterocycles. The fraction of sp³-hybridized carbons (Fsp3) is 0.400. The number of alkyl halides is 6. The number of benzene rings is 2. The first kappa shape index (κ1) is 43.4. The first-order valence-electron chi connectivity index (χ1n) is 16.5. The van der Waals surface area contributed by atoms with Gasteiger partial charge in [0.15, 0.2) is 5.78 Å². The van der Waals surface area contributed by atoms with Gasteiger partial charge in [-0.3, -0.25) is 9.78 Å². The maximum atomic E-state index is 13.6. The van der Waals surface area contributed by atoms with E-state index in [1.54, 1.807) is 11.3 Å². The van der Waals surface area contributed by atoms with Crippen molar-refractivity contribution in [3.8, 4) is 21.0 Å².